The van der Waals surface area contributed by atoms with Crippen molar-refractivity contribution in [2.45, 2.75) is 13.0 Å². The first-order chi connectivity index (χ1) is 10.6. The van der Waals surface area contributed by atoms with E-state index >= 15 is 0 Å². The van der Waals surface area contributed by atoms with Crippen molar-refractivity contribution in [1.29, 1.82) is 0 Å². The monoisotopic (exact) mass is 318 g/mol. The van der Waals surface area contributed by atoms with Crippen LogP contribution in [-0.2, 0) is 0 Å². The van der Waals surface area contributed by atoms with Crippen LogP contribution < -0.4 is 14.8 Å². The van der Waals surface area contributed by atoms with Crippen molar-refractivity contribution in [3.63, 3.8) is 0 Å². The minimum atomic E-state index is -0.239. The summed E-state index contributed by atoms with van der Waals surface area (Å²) in [5.41, 5.74) is 1.22. The van der Waals surface area contributed by atoms with Gasteiger partial charge in [-0.1, -0.05) is 17.7 Å². The highest BCUT2D eigenvalue weighted by Crippen LogP contribution is 2.38. The Kier molecular flexibility index (Phi) is 4.15. The van der Waals surface area contributed by atoms with E-state index in [1.807, 2.05) is 25.1 Å². The van der Waals surface area contributed by atoms with Gasteiger partial charge in [0.1, 0.15) is 13.2 Å². The molecule has 22 heavy (non-hydrogen) atoms. The fraction of sp³-hybridized carbons (Fsp3) is 0.250. The first kappa shape index (κ1) is 14.7. The second-order valence-corrected chi connectivity index (χ2v) is 5.34. The lowest BCUT2D eigenvalue weighted by molar-refractivity contribution is 0.0938. The fourth-order valence-corrected chi connectivity index (χ4v) is 2.49. The van der Waals surface area contributed by atoms with Crippen molar-refractivity contribution in [3.05, 3.63) is 52.8 Å². The summed E-state index contributed by atoms with van der Waals surface area (Å²) in [6, 6.07) is 8.59. The number of aromatic nitrogens is 1. The van der Waals surface area contributed by atoms with Gasteiger partial charge >= 0.3 is 0 Å². The minimum Gasteiger partial charge on any atom is -0.486 e. The van der Waals surface area contributed by atoms with Crippen LogP contribution in [0.15, 0.2) is 36.5 Å². The van der Waals surface area contributed by atoms with E-state index in [0.29, 0.717) is 35.3 Å². The molecule has 1 atom stereocenters. The van der Waals surface area contributed by atoms with Crippen molar-refractivity contribution in [3.8, 4) is 11.5 Å². The van der Waals surface area contributed by atoms with Gasteiger partial charge in [0, 0.05) is 11.8 Å². The molecule has 0 radical (unpaired) electrons. The first-order valence-electron chi connectivity index (χ1n) is 6.96. The number of carbonyl (C=O) groups is 1. The second kappa shape index (κ2) is 6.23. The number of hydrogen-bond acceptors (Lipinski definition) is 4. The van der Waals surface area contributed by atoms with Gasteiger partial charge in [0.2, 0.25) is 0 Å². The van der Waals surface area contributed by atoms with Gasteiger partial charge in [-0.15, -0.1) is 0 Å². The lowest BCUT2D eigenvalue weighted by atomic mass is 10.1. The number of nitrogens with one attached hydrogen (secondary N) is 1. The van der Waals surface area contributed by atoms with E-state index in [9.17, 15) is 4.79 Å². The Bertz CT molecular complexity index is 691. The number of amides is 1. The Morgan fingerprint density at radius 1 is 1.32 bits per heavy atom. The Morgan fingerprint density at radius 2 is 2.14 bits per heavy atom. The van der Waals surface area contributed by atoms with E-state index in [2.05, 4.69) is 10.3 Å². The Balaban J connectivity index is 1.79. The van der Waals surface area contributed by atoms with Crippen LogP contribution in [0.1, 0.15) is 29.0 Å². The molecule has 114 valence electrons. The van der Waals surface area contributed by atoms with Gasteiger partial charge in [-0.2, -0.15) is 0 Å². The van der Waals surface area contributed by atoms with Crippen LogP contribution in [0.5, 0.6) is 11.5 Å². The van der Waals surface area contributed by atoms with Crippen molar-refractivity contribution in [1.82, 2.24) is 10.3 Å². The standard InChI is InChI=1S/C16H15ClN2O3/c1-10(13-4-2-3-5-18-13)19-16(20)11-8-12(17)15-14(9-11)21-6-7-22-15/h2-5,8-10H,6-7H2,1H3,(H,19,20)/t10-/m0/s1. The van der Waals surface area contributed by atoms with Crippen molar-refractivity contribution >= 4 is 17.5 Å². The van der Waals surface area contributed by atoms with Crippen LogP contribution in [0, 0.1) is 0 Å². The van der Waals surface area contributed by atoms with E-state index in [1.165, 1.54) is 0 Å². The van der Waals surface area contributed by atoms with Gasteiger partial charge < -0.3 is 14.8 Å². The molecule has 2 aromatic rings. The first-order valence-corrected chi connectivity index (χ1v) is 7.34. The summed E-state index contributed by atoms with van der Waals surface area (Å²) in [4.78, 5) is 16.6. The molecule has 0 saturated carbocycles. The molecule has 1 aromatic carbocycles. The molecule has 0 fully saturated rings. The van der Waals surface area contributed by atoms with Gasteiger partial charge in [0.05, 0.1) is 16.8 Å². The summed E-state index contributed by atoms with van der Waals surface area (Å²) in [6.45, 7) is 2.77. The number of hydrogen-bond donors (Lipinski definition) is 1. The molecule has 0 bridgehead atoms. The zero-order chi connectivity index (χ0) is 15.5. The molecule has 1 N–H and O–H groups in total. The topological polar surface area (TPSA) is 60.5 Å². The lowest BCUT2D eigenvalue weighted by Crippen LogP contribution is -2.27. The summed E-state index contributed by atoms with van der Waals surface area (Å²) in [5, 5.41) is 3.26. The molecule has 1 aliphatic heterocycles. The summed E-state index contributed by atoms with van der Waals surface area (Å²) < 4.78 is 10.9. The molecule has 1 aromatic heterocycles. The van der Waals surface area contributed by atoms with Gasteiger partial charge in [-0.05, 0) is 31.2 Å². The van der Waals surface area contributed by atoms with E-state index < -0.39 is 0 Å². The Morgan fingerprint density at radius 3 is 2.91 bits per heavy atom. The van der Waals surface area contributed by atoms with Gasteiger partial charge in [-0.25, -0.2) is 0 Å². The Hall–Kier alpha value is -2.27. The van der Waals surface area contributed by atoms with Crippen LogP contribution >= 0.6 is 11.6 Å². The molecular weight excluding hydrogens is 304 g/mol. The van der Waals surface area contributed by atoms with Gasteiger partial charge in [0.15, 0.2) is 11.5 Å². The van der Waals surface area contributed by atoms with Gasteiger partial charge in [-0.3, -0.25) is 9.78 Å². The third-order valence-corrected chi connectivity index (χ3v) is 3.62. The van der Waals surface area contributed by atoms with Gasteiger partial charge in [0.25, 0.3) is 5.91 Å². The SMILES string of the molecule is C[C@H](NC(=O)c1cc(Cl)c2c(c1)OCCO2)c1ccccn1. The third kappa shape index (κ3) is 2.99. The molecule has 6 heteroatoms. The number of nitrogens with zero attached hydrogens (tertiary/aromatic N) is 1. The number of halogens is 1. The zero-order valence-corrected chi connectivity index (χ0v) is 12.8. The number of fused-ring (bicyclic) bond motifs is 1. The van der Waals surface area contributed by atoms with Crippen molar-refractivity contribution < 1.29 is 14.3 Å². The maximum Gasteiger partial charge on any atom is 0.251 e. The molecular formula is C16H15ClN2O3. The van der Waals surface area contributed by atoms with Crippen molar-refractivity contribution in [2.75, 3.05) is 13.2 Å². The molecule has 0 unspecified atom stereocenters. The Labute approximate surface area is 133 Å². The molecule has 1 amide bonds. The quantitative estimate of drug-likeness (QED) is 0.945. The molecule has 0 saturated heterocycles. The lowest BCUT2D eigenvalue weighted by Gasteiger charge is -2.20. The summed E-state index contributed by atoms with van der Waals surface area (Å²) in [7, 11) is 0. The summed E-state index contributed by atoms with van der Waals surface area (Å²) in [6.07, 6.45) is 1.69. The second-order valence-electron chi connectivity index (χ2n) is 4.93. The molecule has 5 nitrogen and oxygen atoms in total. The van der Waals surface area contributed by atoms with Crippen LogP contribution in [0.25, 0.3) is 0 Å². The normalized spacial score (nSPS) is 14.3. The van der Waals surface area contributed by atoms with Crippen molar-refractivity contribution in [2.24, 2.45) is 0 Å². The van der Waals surface area contributed by atoms with Crippen LogP contribution in [-0.4, -0.2) is 24.1 Å². The summed E-state index contributed by atoms with van der Waals surface area (Å²) in [5.74, 6) is 0.744. The highest BCUT2D eigenvalue weighted by molar-refractivity contribution is 6.32. The molecule has 0 spiro atoms. The van der Waals surface area contributed by atoms with Crippen LogP contribution in [0.4, 0.5) is 0 Å². The summed E-state index contributed by atoms with van der Waals surface area (Å²) >= 11 is 6.15. The fourth-order valence-electron chi connectivity index (χ4n) is 2.23. The number of pyridine rings is 1. The molecule has 2 heterocycles. The van der Waals surface area contributed by atoms with E-state index in [-0.39, 0.29) is 11.9 Å². The number of carbonyl (C=O) groups excluding carboxylic acids is 1. The predicted octanol–water partition coefficient (Wildman–Crippen LogP) is 3.00. The molecule has 3 rings (SSSR count). The minimum absolute atomic E-state index is 0.208. The predicted molar refractivity (Wildman–Crippen MR) is 82.6 cm³/mol. The molecule has 0 aliphatic carbocycles. The van der Waals surface area contributed by atoms with Crippen LogP contribution in [0.3, 0.4) is 0 Å². The highest BCUT2D eigenvalue weighted by Gasteiger charge is 2.20. The third-order valence-electron chi connectivity index (χ3n) is 3.34. The van der Waals surface area contributed by atoms with E-state index in [0.717, 1.165) is 5.69 Å². The average molecular weight is 319 g/mol. The number of rotatable bonds is 3. The highest BCUT2D eigenvalue weighted by atomic mass is 35.5. The smallest absolute Gasteiger partial charge is 0.251 e. The maximum atomic E-state index is 12.4. The maximum absolute atomic E-state index is 12.4. The van der Waals surface area contributed by atoms with E-state index in [4.69, 9.17) is 21.1 Å². The zero-order valence-electron chi connectivity index (χ0n) is 12.0. The largest absolute Gasteiger partial charge is 0.486 e. The van der Waals surface area contributed by atoms with E-state index in [1.54, 1.807) is 18.3 Å². The molecule has 1 aliphatic rings. The number of ether oxygens (including phenoxy) is 2. The average Bonchev–Trinajstić information content (AvgIpc) is 2.55. The number of benzene rings is 1. The van der Waals surface area contributed by atoms with Crippen LogP contribution in [0.2, 0.25) is 5.02 Å².